The van der Waals surface area contributed by atoms with Crippen LogP contribution in [0.1, 0.15) is 43.2 Å². The molecule has 2 aromatic carbocycles. The van der Waals surface area contributed by atoms with Crippen LogP contribution in [-0.2, 0) is 16.0 Å². The zero-order valence-electron chi connectivity index (χ0n) is 17.1. The van der Waals surface area contributed by atoms with Crippen LogP contribution in [0.25, 0.3) is 11.1 Å². The number of nitrogens with one attached hydrogen (secondary N) is 1. The van der Waals surface area contributed by atoms with Gasteiger partial charge in [0.05, 0.1) is 0 Å². The number of nitrogens with zero attached hydrogens (tertiary/aromatic N) is 2. The summed E-state index contributed by atoms with van der Waals surface area (Å²) in [6.45, 7) is -0.249. The topological polar surface area (TPSA) is 69.7 Å². The Hall–Kier alpha value is -3.15. The van der Waals surface area contributed by atoms with Crippen molar-refractivity contribution >= 4 is 23.5 Å². The van der Waals surface area contributed by atoms with Gasteiger partial charge in [0, 0.05) is 12.7 Å². The molecule has 0 bridgehead atoms. The van der Waals surface area contributed by atoms with Crippen molar-refractivity contribution in [3.63, 3.8) is 0 Å². The summed E-state index contributed by atoms with van der Waals surface area (Å²) in [6, 6.07) is 13.8. The highest BCUT2D eigenvalue weighted by molar-refractivity contribution is 6.10. The number of urea groups is 1. The molecule has 2 aromatic rings. The monoisotopic (exact) mass is 403 g/mol. The lowest BCUT2D eigenvalue weighted by Crippen LogP contribution is -2.49. The van der Waals surface area contributed by atoms with Crippen molar-refractivity contribution in [3.05, 3.63) is 53.6 Å². The van der Waals surface area contributed by atoms with E-state index in [2.05, 4.69) is 17.4 Å². The molecule has 3 aliphatic rings. The minimum atomic E-state index is -0.755. The summed E-state index contributed by atoms with van der Waals surface area (Å²) >= 11 is 0. The average Bonchev–Trinajstić information content (AvgIpc) is 3.20. The second-order valence-electron chi connectivity index (χ2n) is 8.58. The van der Waals surface area contributed by atoms with E-state index in [1.165, 1.54) is 22.3 Å². The van der Waals surface area contributed by atoms with Crippen molar-refractivity contribution in [2.24, 2.45) is 0 Å². The molecule has 1 N–H and O–H groups in total. The largest absolute Gasteiger partial charge is 0.327 e. The van der Waals surface area contributed by atoms with Gasteiger partial charge in [-0.3, -0.25) is 14.5 Å². The Labute approximate surface area is 175 Å². The molecule has 0 atom stereocenters. The van der Waals surface area contributed by atoms with E-state index in [1.54, 1.807) is 11.9 Å². The molecule has 1 aliphatic heterocycles. The number of amides is 4. The number of carbonyl (C=O) groups excluding carboxylic acids is 3. The Balaban J connectivity index is 1.30. The second-order valence-corrected chi connectivity index (χ2v) is 8.58. The Morgan fingerprint density at radius 1 is 1.00 bits per heavy atom. The van der Waals surface area contributed by atoms with Gasteiger partial charge in [0.2, 0.25) is 5.91 Å². The molecule has 0 aromatic heterocycles. The van der Waals surface area contributed by atoms with E-state index in [4.69, 9.17) is 0 Å². The molecule has 5 rings (SSSR count). The van der Waals surface area contributed by atoms with Gasteiger partial charge in [0.15, 0.2) is 0 Å². The van der Waals surface area contributed by atoms with Gasteiger partial charge in [0.25, 0.3) is 5.91 Å². The third-order valence-electron chi connectivity index (χ3n) is 6.86. The van der Waals surface area contributed by atoms with Crippen LogP contribution in [-0.4, -0.2) is 46.8 Å². The van der Waals surface area contributed by atoms with Gasteiger partial charge in [-0.2, -0.15) is 0 Å². The Morgan fingerprint density at radius 2 is 1.73 bits per heavy atom. The van der Waals surface area contributed by atoms with Crippen LogP contribution < -0.4 is 5.32 Å². The molecule has 2 aliphatic carbocycles. The molecule has 1 saturated heterocycles. The minimum Gasteiger partial charge on any atom is -0.325 e. The van der Waals surface area contributed by atoms with Crippen LogP contribution in [0.5, 0.6) is 0 Å². The zero-order valence-corrected chi connectivity index (χ0v) is 17.1. The summed E-state index contributed by atoms with van der Waals surface area (Å²) in [4.78, 5) is 41.1. The fourth-order valence-electron chi connectivity index (χ4n) is 5.24. The van der Waals surface area contributed by atoms with Crippen molar-refractivity contribution in [2.45, 2.75) is 44.1 Å². The minimum absolute atomic E-state index is 0.228. The number of anilines is 1. The summed E-state index contributed by atoms with van der Waals surface area (Å²) in [7, 11) is 1.68. The summed E-state index contributed by atoms with van der Waals surface area (Å²) in [5.41, 5.74) is 4.81. The van der Waals surface area contributed by atoms with Crippen LogP contribution in [0.15, 0.2) is 42.5 Å². The van der Waals surface area contributed by atoms with Crippen molar-refractivity contribution in [1.29, 1.82) is 0 Å². The molecule has 2 fully saturated rings. The number of benzene rings is 2. The smallest absolute Gasteiger partial charge is 0.325 e. The predicted molar refractivity (Wildman–Crippen MR) is 114 cm³/mol. The summed E-state index contributed by atoms with van der Waals surface area (Å²) in [6.07, 6.45) is 5.14. The van der Waals surface area contributed by atoms with Gasteiger partial charge in [-0.05, 0) is 53.6 Å². The summed E-state index contributed by atoms with van der Waals surface area (Å²) in [5, 5.41) is 2.87. The molecule has 6 heteroatoms. The third-order valence-corrected chi connectivity index (χ3v) is 6.86. The maximum atomic E-state index is 13.1. The van der Waals surface area contributed by atoms with Gasteiger partial charge < -0.3 is 10.2 Å². The fourth-order valence-corrected chi connectivity index (χ4v) is 5.24. The Morgan fingerprint density at radius 3 is 2.53 bits per heavy atom. The summed E-state index contributed by atoms with van der Waals surface area (Å²) in [5.74, 6) is -0.581. The first-order chi connectivity index (χ1) is 14.5. The van der Waals surface area contributed by atoms with E-state index in [-0.39, 0.29) is 24.4 Å². The molecule has 0 unspecified atom stereocenters. The lowest BCUT2D eigenvalue weighted by atomic mass is 9.81. The van der Waals surface area contributed by atoms with Crippen LogP contribution in [0.2, 0.25) is 0 Å². The van der Waals surface area contributed by atoms with Gasteiger partial charge in [-0.15, -0.1) is 0 Å². The van der Waals surface area contributed by atoms with Crippen molar-refractivity contribution < 1.29 is 14.4 Å². The molecule has 1 heterocycles. The van der Waals surface area contributed by atoms with Crippen molar-refractivity contribution in [1.82, 2.24) is 9.80 Å². The first-order valence-electron chi connectivity index (χ1n) is 10.6. The number of hydrogen-bond donors (Lipinski definition) is 1. The Bertz CT molecular complexity index is 1060. The van der Waals surface area contributed by atoms with Gasteiger partial charge in [0.1, 0.15) is 12.1 Å². The number of rotatable bonds is 3. The SMILES string of the molecule is CN1C(=O)N(CC(=O)Nc2ccc3c(c2)Cc2ccccc2-3)C(=O)C12CCCCC2. The van der Waals surface area contributed by atoms with Crippen molar-refractivity contribution in [3.8, 4) is 11.1 Å². The van der Waals surface area contributed by atoms with Gasteiger partial charge in [-0.1, -0.05) is 49.6 Å². The van der Waals surface area contributed by atoms with Crippen LogP contribution >= 0.6 is 0 Å². The van der Waals surface area contributed by atoms with Crippen LogP contribution in [0, 0.1) is 0 Å². The maximum Gasteiger partial charge on any atom is 0.327 e. The van der Waals surface area contributed by atoms with Crippen molar-refractivity contribution in [2.75, 3.05) is 18.9 Å². The van der Waals surface area contributed by atoms with E-state index in [9.17, 15) is 14.4 Å². The standard InChI is InChI=1S/C24H25N3O3/c1-26-23(30)27(22(29)24(26)11-5-2-6-12-24)15-21(28)25-18-9-10-20-17(14-18)13-16-7-3-4-8-19(16)20/h3-4,7-10,14H,2,5-6,11-13,15H2,1H3,(H,25,28). The lowest BCUT2D eigenvalue weighted by Gasteiger charge is -2.35. The van der Waals surface area contributed by atoms with Gasteiger partial charge in [-0.25, -0.2) is 4.79 Å². The quantitative estimate of drug-likeness (QED) is 0.677. The van der Waals surface area contributed by atoms with Crippen LogP contribution in [0.3, 0.4) is 0 Å². The molecule has 4 amide bonds. The number of likely N-dealkylation sites (N-methyl/N-ethyl adjacent to an activating group) is 1. The third kappa shape index (κ3) is 2.82. The summed E-state index contributed by atoms with van der Waals surface area (Å²) < 4.78 is 0. The molecule has 154 valence electrons. The van der Waals surface area contributed by atoms with Crippen LogP contribution in [0.4, 0.5) is 10.5 Å². The van der Waals surface area contributed by atoms with E-state index in [0.717, 1.165) is 30.6 Å². The van der Waals surface area contributed by atoms with E-state index < -0.39 is 5.54 Å². The van der Waals surface area contributed by atoms with E-state index >= 15 is 0 Å². The molecule has 1 saturated carbocycles. The Kier molecular flexibility index (Phi) is 4.38. The normalized spacial score (nSPS) is 19.2. The van der Waals surface area contributed by atoms with Gasteiger partial charge >= 0.3 is 6.03 Å². The highest BCUT2D eigenvalue weighted by Crippen LogP contribution is 2.40. The highest BCUT2D eigenvalue weighted by Gasteiger charge is 2.55. The molecular formula is C24H25N3O3. The highest BCUT2D eigenvalue weighted by atomic mass is 16.2. The predicted octanol–water partition coefficient (Wildman–Crippen LogP) is 3.79. The van der Waals surface area contributed by atoms with E-state index in [1.807, 2.05) is 30.3 Å². The molecular weight excluding hydrogens is 378 g/mol. The number of fused-ring (bicyclic) bond motifs is 3. The number of imide groups is 1. The zero-order chi connectivity index (χ0) is 20.9. The number of hydrogen-bond acceptors (Lipinski definition) is 3. The maximum absolute atomic E-state index is 13.1. The first-order valence-corrected chi connectivity index (χ1v) is 10.6. The molecule has 0 radical (unpaired) electrons. The number of carbonyl (C=O) groups is 3. The average molecular weight is 403 g/mol. The second kappa shape index (κ2) is 6.97. The first kappa shape index (κ1) is 18.9. The molecule has 30 heavy (non-hydrogen) atoms. The molecule has 1 spiro atoms. The fraction of sp³-hybridized carbons (Fsp3) is 0.375. The molecule has 6 nitrogen and oxygen atoms in total. The van der Waals surface area contributed by atoms with E-state index in [0.29, 0.717) is 18.5 Å². The lowest BCUT2D eigenvalue weighted by molar-refractivity contribution is -0.136.